The van der Waals surface area contributed by atoms with Gasteiger partial charge in [0.2, 0.25) is 0 Å². The second kappa shape index (κ2) is 8.03. The standard InChI is InChI=1S/C24H24N6OS/c31-21-4-2-1-3-19(21)27-24-28-20-6-5-16(12-22(20)32-24)11-18-14-26-23-13-17(7-9-30(18)23)29-10-8-25-15-29/h5-10,12-15,19,21,31H,1-4,11H2,(H,27,28). The molecule has 2 unspecified atom stereocenters. The van der Waals surface area contributed by atoms with Gasteiger partial charge in [-0.25, -0.2) is 15.0 Å². The van der Waals surface area contributed by atoms with Gasteiger partial charge in [-0.15, -0.1) is 0 Å². The topological polar surface area (TPSA) is 80.3 Å². The molecule has 2 atom stereocenters. The van der Waals surface area contributed by atoms with Crippen molar-refractivity contribution in [3.05, 3.63) is 72.7 Å². The van der Waals surface area contributed by atoms with Gasteiger partial charge in [0.25, 0.3) is 0 Å². The Bertz CT molecular complexity index is 1370. The van der Waals surface area contributed by atoms with E-state index in [4.69, 9.17) is 4.98 Å². The first kappa shape index (κ1) is 19.5. The van der Waals surface area contributed by atoms with Crippen LogP contribution in [0.4, 0.5) is 5.13 Å². The molecule has 6 rings (SSSR count). The minimum absolute atomic E-state index is 0.106. The van der Waals surface area contributed by atoms with Gasteiger partial charge in [0.1, 0.15) is 5.65 Å². The lowest BCUT2D eigenvalue weighted by molar-refractivity contribution is 0.116. The largest absolute Gasteiger partial charge is 0.391 e. The molecule has 32 heavy (non-hydrogen) atoms. The minimum atomic E-state index is -0.282. The summed E-state index contributed by atoms with van der Waals surface area (Å²) in [6.45, 7) is 0. The molecule has 0 bridgehead atoms. The van der Waals surface area contributed by atoms with Crippen LogP contribution in [0.3, 0.4) is 0 Å². The van der Waals surface area contributed by atoms with E-state index < -0.39 is 0 Å². The smallest absolute Gasteiger partial charge is 0.184 e. The fraction of sp³-hybridized carbons (Fsp3) is 0.292. The molecule has 2 N–H and O–H groups in total. The van der Waals surface area contributed by atoms with E-state index in [9.17, 15) is 5.11 Å². The van der Waals surface area contributed by atoms with Crippen LogP contribution >= 0.6 is 11.3 Å². The van der Waals surface area contributed by atoms with Gasteiger partial charge in [-0.1, -0.05) is 30.2 Å². The Morgan fingerprint density at radius 3 is 2.94 bits per heavy atom. The number of imidazole rings is 2. The number of hydrogen-bond donors (Lipinski definition) is 2. The molecule has 0 aliphatic heterocycles. The lowest BCUT2D eigenvalue weighted by Crippen LogP contribution is -2.36. The maximum Gasteiger partial charge on any atom is 0.184 e. The van der Waals surface area contributed by atoms with E-state index >= 15 is 0 Å². The molecule has 0 spiro atoms. The third-order valence-corrected chi connectivity index (χ3v) is 7.20. The zero-order valence-corrected chi connectivity index (χ0v) is 18.4. The van der Waals surface area contributed by atoms with Crippen LogP contribution in [0, 0.1) is 0 Å². The van der Waals surface area contributed by atoms with Crippen molar-refractivity contribution in [2.45, 2.75) is 44.2 Å². The number of pyridine rings is 1. The first-order chi connectivity index (χ1) is 15.7. The number of aromatic nitrogens is 5. The number of nitrogens with zero attached hydrogens (tertiary/aromatic N) is 5. The first-order valence-electron chi connectivity index (χ1n) is 11.0. The molecule has 4 aromatic heterocycles. The number of aliphatic hydroxyl groups excluding tert-OH is 1. The fourth-order valence-electron chi connectivity index (χ4n) is 4.51. The Kier molecular flexibility index (Phi) is 4.88. The van der Waals surface area contributed by atoms with Crippen molar-refractivity contribution in [1.82, 2.24) is 23.9 Å². The summed E-state index contributed by atoms with van der Waals surface area (Å²) < 4.78 is 5.27. The Morgan fingerprint density at radius 1 is 1.12 bits per heavy atom. The molecule has 0 radical (unpaired) electrons. The summed E-state index contributed by atoms with van der Waals surface area (Å²) in [5.41, 5.74) is 5.33. The molecule has 4 heterocycles. The molecule has 5 aromatic rings. The molecule has 8 heteroatoms. The number of nitrogens with one attached hydrogen (secondary N) is 1. The van der Waals surface area contributed by atoms with E-state index in [2.05, 4.69) is 56.2 Å². The molecular weight excluding hydrogens is 420 g/mol. The summed E-state index contributed by atoms with van der Waals surface area (Å²) in [5.74, 6) is 0. The highest BCUT2D eigenvalue weighted by Crippen LogP contribution is 2.30. The third kappa shape index (κ3) is 3.65. The van der Waals surface area contributed by atoms with Crippen molar-refractivity contribution in [2.75, 3.05) is 5.32 Å². The van der Waals surface area contributed by atoms with Crippen LogP contribution in [-0.2, 0) is 6.42 Å². The van der Waals surface area contributed by atoms with Crippen LogP contribution in [0.1, 0.15) is 36.9 Å². The van der Waals surface area contributed by atoms with Gasteiger partial charge >= 0.3 is 0 Å². The summed E-state index contributed by atoms with van der Waals surface area (Å²) in [6, 6.07) is 10.7. The van der Waals surface area contributed by atoms with Crippen LogP contribution in [-0.4, -0.2) is 41.2 Å². The van der Waals surface area contributed by atoms with Gasteiger partial charge in [-0.3, -0.25) is 0 Å². The van der Waals surface area contributed by atoms with Crippen molar-refractivity contribution in [3.63, 3.8) is 0 Å². The van der Waals surface area contributed by atoms with E-state index in [0.717, 1.165) is 64.5 Å². The third-order valence-electron chi connectivity index (χ3n) is 6.25. The van der Waals surface area contributed by atoms with Gasteiger partial charge in [-0.2, -0.15) is 0 Å². The van der Waals surface area contributed by atoms with Gasteiger partial charge in [0, 0.05) is 43.0 Å². The Labute approximate surface area is 189 Å². The van der Waals surface area contributed by atoms with E-state index in [1.807, 2.05) is 17.0 Å². The average Bonchev–Trinajstić information content (AvgIpc) is 3.55. The molecular formula is C24H24N6OS. The highest BCUT2D eigenvalue weighted by Gasteiger charge is 2.23. The van der Waals surface area contributed by atoms with Crippen molar-refractivity contribution in [3.8, 4) is 5.69 Å². The van der Waals surface area contributed by atoms with Crippen molar-refractivity contribution >= 4 is 32.3 Å². The summed E-state index contributed by atoms with van der Waals surface area (Å²) >= 11 is 1.66. The summed E-state index contributed by atoms with van der Waals surface area (Å²) in [4.78, 5) is 13.5. The molecule has 1 aromatic carbocycles. The molecule has 1 saturated carbocycles. The number of benzene rings is 1. The van der Waals surface area contributed by atoms with Crippen molar-refractivity contribution in [2.24, 2.45) is 0 Å². The fourth-order valence-corrected chi connectivity index (χ4v) is 5.50. The van der Waals surface area contributed by atoms with Gasteiger partial charge < -0.3 is 19.4 Å². The normalized spacial score (nSPS) is 19.0. The highest BCUT2D eigenvalue weighted by molar-refractivity contribution is 7.22. The Hall–Kier alpha value is -3.23. The maximum absolute atomic E-state index is 10.3. The zero-order chi connectivity index (χ0) is 21.5. The summed E-state index contributed by atoms with van der Waals surface area (Å²) in [5, 5.41) is 14.6. The lowest BCUT2D eigenvalue weighted by Gasteiger charge is -2.27. The number of rotatable bonds is 5. The quantitative estimate of drug-likeness (QED) is 0.419. The van der Waals surface area contributed by atoms with E-state index in [1.165, 1.54) is 5.56 Å². The average molecular weight is 445 g/mol. The van der Waals surface area contributed by atoms with Crippen LogP contribution < -0.4 is 5.32 Å². The van der Waals surface area contributed by atoms with Crippen LogP contribution in [0.15, 0.2) is 61.4 Å². The number of hydrogen-bond acceptors (Lipinski definition) is 6. The monoisotopic (exact) mass is 444 g/mol. The number of anilines is 1. The van der Waals surface area contributed by atoms with Gasteiger partial charge in [0.15, 0.2) is 5.13 Å². The molecule has 1 aliphatic carbocycles. The molecule has 1 aliphatic rings. The SMILES string of the molecule is OC1CCCCC1Nc1nc2ccc(Cc3cnc4cc(-n5ccnc5)ccn34)cc2s1. The highest BCUT2D eigenvalue weighted by atomic mass is 32.1. The van der Waals surface area contributed by atoms with Crippen LogP contribution in [0.5, 0.6) is 0 Å². The summed E-state index contributed by atoms with van der Waals surface area (Å²) in [6.07, 6.45) is 14.2. The molecule has 7 nitrogen and oxygen atoms in total. The van der Waals surface area contributed by atoms with E-state index in [1.54, 1.807) is 23.9 Å². The van der Waals surface area contributed by atoms with Crippen LogP contribution in [0.2, 0.25) is 0 Å². The van der Waals surface area contributed by atoms with Crippen LogP contribution in [0.25, 0.3) is 21.6 Å². The maximum atomic E-state index is 10.3. The number of thiazole rings is 1. The second-order valence-electron chi connectivity index (χ2n) is 8.43. The van der Waals surface area contributed by atoms with Crippen molar-refractivity contribution in [1.29, 1.82) is 0 Å². The van der Waals surface area contributed by atoms with E-state index in [-0.39, 0.29) is 12.1 Å². The van der Waals surface area contributed by atoms with Gasteiger partial charge in [-0.05, 0) is 36.6 Å². The first-order valence-corrected chi connectivity index (χ1v) is 11.8. The summed E-state index contributed by atoms with van der Waals surface area (Å²) in [7, 11) is 0. The number of aliphatic hydroxyl groups is 1. The predicted molar refractivity (Wildman–Crippen MR) is 127 cm³/mol. The zero-order valence-electron chi connectivity index (χ0n) is 17.6. The van der Waals surface area contributed by atoms with E-state index in [0.29, 0.717) is 0 Å². The number of fused-ring (bicyclic) bond motifs is 2. The minimum Gasteiger partial charge on any atom is -0.391 e. The van der Waals surface area contributed by atoms with Gasteiger partial charge in [0.05, 0.1) is 34.4 Å². The molecule has 162 valence electrons. The lowest BCUT2D eigenvalue weighted by atomic mass is 9.93. The predicted octanol–water partition coefficient (Wildman–Crippen LogP) is 4.44. The molecule has 0 saturated heterocycles. The molecule has 1 fully saturated rings. The Balaban J connectivity index is 1.23. The second-order valence-corrected chi connectivity index (χ2v) is 9.46. The Morgan fingerprint density at radius 2 is 2.06 bits per heavy atom. The van der Waals surface area contributed by atoms with Crippen molar-refractivity contribution < 1.29 is 5.11 Å². The molecule has 0 amide bonds.